The monoisotopic (exact) mass is 629 g/mol. The van der Waals surface area contributed by atoms with Crippen molar-refractivity contribution in [2.45, 2.75) is 136 Å². The van der Waals surface area contributed by atoms with Crippen molar-refractivity contribution in [1.29, 1.82) is 0 Å². The number of ketones is 2. The van der Waals surface area contributed by atoms with E-state index in [0.717, 1.165) is 0 Å². The van der Waals surface area contributed by atoms with E-state index >= 15 is 0 Å². The molecule has 2 unspecified atom stereocenters. The van der Waals surface area contributed by atoms with Crippen LogP contribution in [0.3, 0.4) is 0 Å². The molecule has 2 saturated heterocycles. The van der Waals surface area contributed by atoms with Crippen molar-refractivity contribution in [3.63, 3.8) is 0 Å². The number of carbonyl (C=O) groups excluding carboxylic acids is 4. The Labute approximate surface area is 262 Å². The average molecular weight is 630 g/mol. The highest BCUT2D eigenvalue weighted by molar-refractivity contribution is 6.00. The molecule has 254 valence electrons. The number of nitrogens with zero attached hydrogens (tertiary/aromatic N) is 1. The normalized spacial score (nSPS) is 43.3. The number of carbonyl (C=O) groups is 4. The molecule has 0 aromatic carbocycles. The molecule has 2 aliphatic heterocycles. The van der Waals surface area contributed by atoms with Crippen molar-refractivity contribution in [1.82, 2.24) is 4.90 Å². The predicted molar refractivity (Wildman–Crippen MR) is 160 cm³/mol. The Balaban J connectivity index is 2.68. The minimum Gasteiger partial charge on any atom is -0.459 e. The Kier molecular flexibility index (Phi) is 13.1. The van der Waals surface area contributed by atoms with E-state index in [0.29, 0.717) is 6.42 Å². The number of cyclic esters (lactones) is 1. The second kappa shape index (κ2) is 15.1. The van der Waals surface area contributed by atoms with Gasteiger partial charge in [0.15, 0.2) is 18.2 Å². The van der Waals surface area contributed by atoms with E-state index in [2.05, 4.69) is 0 Å². The molecule has 0 aromatic rings. The van der Waals surface area contributed by atoms with Crippen molar-refractivity contribution < 1.29 is 53.1 Å². The van der Waals surface area contributed by atoms with E-state index in [1.54, 1.807) is 27.7 Å². The second-order valence-corrected chi connectivity index (χ2v) is 13.4. The third-order valence-electron chi connectivity index (χ3n) is 9.58. The lowest BCUT2D eigenvalue weighted by molar-refractivity contribution is -0.298. The summed E-state index contributed by atoms with van der Waals surface area (Å²) in [5.74, 6) is -6.24. The van der Waals surface area contributed by atoms with Crippen LogP contribution in [0.25, 0.3) is 0 Å². The van der Waals surface area contributed by atoms with Gasteiger partial charge in [-0.1, -0.05) is 27.7 Å². The SMILES string of the molecule is CC[C@H]1OC(=O)[C@H](C)C(=O)C(C)[C@@H](O[C@@H]2O[C@H](C)C[C@H](N(C)C)C2OC(C)=O)[C@](C)(OC)C[C@@H](C)C(=O)[C@H](C)[C@@H](O)[C@]1(C)O. The summed E-state index contributed by atoms with van der Waals surface area (Å²) >= 11 is 0. The number of hydrogen-bond acceptors (Lipinski definition) is 12. The van der Waals surface area contributed by atoms with Crippen LogP contribution in [0.5, 0.6) is 0 Å². The summed E-state index contributed by atoms with van der Waals surface area (Å²) in [4.78, 5) is 55.0. The Hall–Kier alpha value is -1.96. The zero-order chi connectivity index (χ0) is 33.9. The quantitative estimate of drug-likeness (QED) is 0.327. The van der Waals surface area contributed by atoms with Gasteiger partial charge in [0.2, 0.25) is 0 Å². The van der Waals surface area contributed by atoms with Crippen LogP contribution in [-0.2, 0) is 42.9 Å². The predicted octanol–water partition coefficient (Wildman–Crippen LogP) is 2.29. The molecule has 2 aliphatic rings. The molecular weight excluding hydrogens is 574 g/mol. The molecule has 12 nitrogen and oxygen atoms in total. The van der Waals surface area contributed by atoms with Crippen LogP contribution in [0.15, 0.2) is 0 Å². The molecule has 0 aromatic heterocycles. The van der Waals surface area contributed by atoms with E-state index in [-0.39, 0.29) is 30.8 Å². The zero-order valence-electron chi connectivity index (χ0n) is 28.5. The first-order valence-electron chi connectivity index (χ1n) is 15.6. The van der Waals surface area contributed by atoms with Gasteiger partial charge in [-0.2, -0.15) is 0 Å². The fourth-order valence-electron chi connectivity index (χ4n) is 6.74. The van der Waals surface area contributed by atoms with Crippen LogP contribution in [0.4, 0.5) is 0 Å². The number of likely N-dealkylation sites (N-methyl/N-ethyl adjacent to an activating group) is 1. The second-order valence-electron chi connectivity index (χ2n) is 13.4. The van der Waals surface area contributed by atoms with Crippen molar-refractivity contribution in [3.8, 4) is 0 Å². The summed E-state index contributed by atoms with van der Waals surface area (Å²) in [7, 11) is 5.16. The van der Waals surface area contributed by atoms with Gasteiger partial charge in [-0.3, -0.25) is 19.2 Å². The van der Waals surface area contributed by atoms with Crippen LogP contribution in [-0.4, -0.2) is 114 Å². The molecule has 2 rings (SSSR count). The number of hydrogen-bond donors (Lipinski definition) is 2. The van der Waals surface area contributed by atoms with Gasteiger partial charge < -0.3 is 38.8 Å². The summed E-state index contributed by atoms with van der Waals surface area (Å²) in [5, 5.41) is 22.4. The molecule has 13 atom stereocenters. The fraction of sp³-hybridized carbons (Fsp3) is 0.875. The maximum absolute atomic E-state index is 13.9. The summed E-state index contributed by atoms with van der Waals surface area (Å²) in [5.41, 5.74) is -3.26. The van der Waals surface area contributed by atoms with Crippen molar-refractivity contribution in [2.75, 3.05) is 21.2 Å². The lowest BCUT2D eigenvalue weighted by Crippen LogP contribution is -2.60. The highest BCUT2D eigenvalue weighted by atomic mass is 16.7. The first kappa shape index (κ1) is 38.2. The lowest BCUT2D eigenvalue weighted by Gasteiger charge is -2.47. The number of methoxy groups -OCH3 is 1. The van der Waals surface area contributed by atoms with Crippen LogP contribution in [0, 0.1) is 23.7 Å². The van der Waals surface area contributed by atoms with Crippen molar-refractivity contribution in [3.05, 3.63) is 0 Å². The highest BCUT2D eigenvalue weighted by Crippen LogP contribution is 2.38. The van der Waals surface area contributed by atoms with Crippen LogP contribution >= 0.6 is 0 Å². The number of Topliss-reactive ketones (excluding diaryl/α,β-unsaturated/α-hetero) is 2. The number of aliphatic hydroxyl groups excluding tert-OH is 1. The van der Waals surface area contributed by atoms with Gasteiger partial charge in [-0.05, 0) is 61.1 Å². The van der Waals surface area contributed by atoms with E-state index in [9.17, 15) is 29.4 Å². The number of ether oxygens (including phenoxy) is 5. The molecule has 2 N–H and O–H groups in total. The molecule has 0 aliphatic carbocycles. The first-order valence-corrected chi connectivity index (χ1v) is 15.6. The first-order chi connectivity index (χ1) is 20.2. The van der Waals surface area contributed by atoms with Crippen LogP contribution < -0.4 is 0 Å². The largest absolute Gasteiger partial charge is 0.459 e. The minimum atomic E-state index is -1.96. The summed E-state index contributed by atoms with van der Waals surface area (Å²) in [6, 6.07) is -0.263. The van der Waals surface area contributed by atoms with Gasteiger partial charge in [-0.15, -0.1) is 0 Å². The maximum Gasteiger partial charge on any atom is 0.316 e. The van der Waals surface area contributed by atoms with Gasteiger partial charge in [0, 0.05) is 31.8 Å². The van der Waals surface area contributed by atoms with Gasteiger partial charge in [0.05, 0.1) is 30.0 Å². The van der Waals surface area contributed by atoms with E-state index in [1.807, 2.05) is 25.9 Å². The number of rotatable bonds is 6. The summed E-state index contributed by atoms with van der Waals surface area (Å²) < 4.78 is 30.1. The molecule has 44 heavy (non-hydrogen) atoms. The van der Waals surface area contributed by atoms with Crippen LogP contribution in [0.2, 0.25) is 0 Å². The summed E-state index contributed by atoms with van der Waals surface area (Å²) in [6.45, 7) is 14.1. The van der Waals surface area contributed by atoms with E-state index in [1.165, 1.54) is 34.8 Å². The van der Waals surface area contributed by atoms with Crippen molar-refractivity contribution >= 4 is 23.5 Å². The fourth-order valence-corrected chi connectivity index (χ4v) is 6.74. The average Bonchev–Trinajstić information content (AvgIpc) is 2.95. The summed E-state index contributed by atoms with van der Waals surface area (Å²) in [6.07, 6.45) is -5.28. The molecule has 2 heterocycles. The zero-order valence-corrected chi connectivity index (χ0v) is 28.5. The molecule has 0 spiro atoms. The third kappa shape index (κ3) is 8.24. The Morgan fingerprint density at radius 1 is 1.05 bits per heavy atom. The molecule has 2 fully saturated rings. The molecule has 0 radical (unpaired) electrons. The third-order valence-corrected chi connectivity index (χ3v) is 9.58. The van der Waals surface area contributed by atoms with Gasteiger partial charge >= 0.3 is 11.9 Å². The van der Waals surface area contributed by atoms with Gasteiger partial charge in [-0.25, -0.2) is 0 Å². The Morgan fingerprint density at radius 2 is 1.64 bits per heavy atom. The molecule has 0 amide bonds. The highest BCUT2D eigenvalue weighted by Gasteiger charge is 2.52. The standard InChI is InChI=1S/C32H55NO11/c1-13-23-32(9,39)27(37)18(4)24(35)16(2)15-31(8,40-12)28(19(5)25(36)20(6)29(38)43-23)44-30-26(42-21(7)34)22(33(10)11)14-17(3)41-30/h16-20,22-23,26-28,30,37,39H,13-15H2,1-12H3/t16-,17-,18+,19?,20-,22+,23-,26?,27-,28-,30+,31-,32-/m1/s1. The van der Waals surface area contributed by atoms with E-state index < -0.39 is 83.3 Å². The van der Waals surface area contributed by atoms with Crippen molar-refractivity contribution in [2.24, 2.45) is 23.7 Å². The molecular formula is C32H55NO11. The lowest BCUT2D eigenvalue weighted by atomic mass is 9.74. The van der Waals surface area contributed by atoms with Crippen LogP contribution in [0.1, 0.15) is 81.6 Å². The van der Waals surface area contributed by atoms with E-state index in [4.69, 9.17) is 23.7 Å². The smallest absolute Gasteiger partial charge is 0.316 e. The molecule has 0 saturated carbocycles. The Bertz CT molecular complexity index is 1030. The van der Waals surface area contributed by atoms with Gasteiger partial charge in [0.25, 0.3) is 0 Å². The topological polar surface area (TPSA) is 158 Å². The van der Waals surface area contributed by atoms with Gasteiger partial charge in [0.1, 0.15) is 23.4 Å². The number of esters is 2. The minimum absolute atomic E-state index is 0.0669. The maximum atomic E-state index is 13.9. The molecule has 12 heteroatoms. The number of aliphatic hydroxyl groups is 2. The Morgan fingerprint density at radius 3 is 2.14 bits per heavy atom. The molecule has 0 bridgehead atoms.